The van der Waals surface area contributed by atoms with Gasteiger partial charge in [0.05, 0.1) is 29.5 Å². The van der Waals surface area contributed by atoms with E-state index >= 15 is 0 Å². The minimum Gasteiger partial charge on any atom is -0.497 e. The van der Waals surface area contributed by atoms with Crippen molar-refractivity contribution < 1.29 is 14.3 Å². The molecule has 2 N–H and O–H groups in total. The molecule has 1 atom stereocenters. The van der Waals surface area contributed by atoms with Crippen molar-refractivity contribution in [3.05, 3.63) is 63.9 Å². The van der Waals surface area contributed by atoms with Crippen LogP contribution in [0.3, 0.4) is 0 Å². The Kier molecular flexibility index (Phi) is 9.42. The average Bonchev–Trinajstić information content (AvgIpc) is 3.17. The third kappa shape index (κ3) is 7.37. The average molecular weight is 536 g/mol. The normalized spacial score (nSPS) is 11.9. The second-order valence-corrected chi connectivity index (χ2v) is 10.0. The van der Waals surface area contributed by atoms with Crippen LogP contribution in [0.25, 0.3) is 0 Å². The first-order valence-corrected chi connectivity index (χ1v) is 12.6. The summed E-state index contributed by atoms with van der Waals surface area (Å²) in [6, 6.07) is 11.5. The largest absolute Gasteiger partial charge is 0.497 e. The van der Waals surface area contributed by atoms with Crippen molar-refractivity contribution in [3.63, 3.8) is 0 Å². The lowest BCUT2D eigenvalue weighted by molar-refractivity contribution is -0.113. The molecule has 3 aromatic rings. The number of nitrogens with one attached hydrogen (secondary N) is 2. The summed E-state index contributed by atoms with van der Waals surface area (Å²) in [5, 5.41) is 15.7. The summed E-state index contributed by atoms with van der Waals surface area (Å²) in [5.74, 6) is 1.16. The van der Waals surface area contributed by atoms with Crippen molar-refractivity contribution in [1.29, 1.82) is 0 Å². The third-order valence-electron chi connectivity index (χ3n) is 5.05. The molecule has 0 aliphatic heterocycles. The van der Waals surface area contributed by atoms with Gasteiger partial charge in [0, 0.05) is 23.8 Å². The van der Waals surface area contributed by atoms with Crippen molar-refractivity contribution in [3.8, 4) is 5.75 Å². The highest BCUT2D eigenvalue weighted by molar-refractivity contribution is 7.99. The van der Waals surface area contributed by atoms with Crippen molar-refractivity contribution >= 4 is 52.5 Å². The Labute approximate surface area is 218 Å². The van der Waals surface area contributed by atoms with Crippen LogP contribution in [0.2, 0.25) is 10.0 Å². The number of halogens is 2. The van der Waals surface area contributed by atoms with Gasteiger partial charge in [-0.25, -0.2) is 0 Å². The minimum absolute atomic E-state index is 0.144. The molecule has 0 spiro atoms. The molecule has 1 aromatic heterocycles. The lowest BCUT2D eigenvalue weighted by atomic mass is 10.0. The molecule has 1 heterocycles. The van der Waals surface area contributed by atoms with E-state index in [1.807, 2.05) is 7.05 Å². The fourth-order valence-electron chi connectivity index (χ4n) is 3.39. The molecule has 0 aliphatic rings. The Morgan fingerprint density at radius 2 is 1.91 bits per heavy atom. The molecule has 0 saturated heterocycles. The van der Waals surface area contributed by atoms with Gasteiger partial charge in [0.15, 0.2) is 11.0 Å². The Morgan fingerprint density at radius 3 is 2.60 bits per heavy atom. The van der Waals surface area contributed by atoms with Crippen LogP contribution in [0.4, 0.5) is 5.69 Å². The zero-order valence-electron chi connectivity index (χ0n) is 19.8. The highest BCUT2D eigenvalue weighted by atomic mass is 35.5. The summed E-state index contributed by atoms with van der Waals surface area (Å²) in [6.45, 7) is 4.12. The maximum atomic E-state index is 12.9. The smallest absolute Gasteiger partial charge is 0.253 e. The second-order valence-electron chi connectivity index (χ2n) is 8.25. The van der Waals surface area contributed by atoms with E-state index in [-0.39, 0.29) is 28.5 Å². The van der Waals surface area contributed by atoms with Crippen LogP contribution in [0.5, 0.6) is 5.75 Å². The van der Waals surface area contributed by atoms with Gasteiger partial charge in [0.2, 0.25) is 5.91 Å². The first-order chi connectivity index (χ1) is 16.7. The van der Waals surface area contributed by atoms with Gasteiger partial charge in [-0.05, 0) is 42.7 Å². The number of aromatic nitrogens is 3. The Hall–Kier alpha value is -2.75. The van der Waals surface area contributed by atoms with E-state index in [1.165, 1.54) is 17.8 Å². The van der Waals surface area contributed by atoms with Crippen LogP contribution in [0.1, 0.15) is 42.5 Å². The van der Waals surface area contributed by atoms with E-state index in [4.69, 9.17) is 27.9 Å². The number of carbonyl (C=O) groups excluding carboxylic acids is 2. The van der Waals surface area contributed by atoms with Gasteiger partial charge in [-0.1, -0.05) is 54.9 Å². The summed E-state index contributed by atoms with van der Waals surface area (Å²) < 4.78 is 6.97. The standard InChI is InChI=1S/C24H27Cl2N5O3S/c1-14(2)10-20(28-23(33)18-9-8-15(25)11-19(18)26)22-29-30-24(31(22)3)35-13-21(32)27-16-6-5-7-17(12-16)34-4/h5-9,11-12,14,20H,10,13H2,1-4H3,(H,27,32)(H,28,33)/t20-/m1/s1. The summed E-state index contributed by atoms with van der Waals surface area (Å²) >= 11 is 13.4. The monoisotopic (exact) mass is 535 g/mol. The Morgan fingerprint density at radius 1 is 1.14 bits per heavy atom. The molecule has 0 unspecified atom stereocenters. The zero-order chi connectivity index (χ0) is 25.5. The lowest BCUT2D eigenvalue weighted by Gasteiger charge is -2.20. The second kappa shape index (κ2) is 12.3. The maximum Gasteiger partial charge on any atom is 0.253 e. The van der Waals surface area contributed by atoms with Gasteiger partial charge in [-0.3, -0.25) is 9.59 Å². The van der Waals surface area contributed by atoms with Crippen molar-refractivity contribution in [2.24, 2.45) is 13.0 Å². The number of hydrogen-bond acceptors (Lipinski definition) is 6. The van der Waals surface area contributed by atoms with E-state index in [0.29, 0.717) is 39.4 Å². The number of thioether (sulfide) groups is 1. The highest BCUT2D eigenvalue weighted by Crippen LogP contribution is 2.26. The molecule has 186 valence electrons. The number of carbonyl (C=O) groups is 2. The highest BCUT2D eigenvalue weighted by Gasteiger charge is 2.24. The number of anilines is 1. The summed E-state index contributed by atoms with van der Waals surface area (Å²) in [5.41, 5.74) is 0.977. The topological polar surface area (TPSA) is 98.1 Å². The van der Waals surface area contributed by atoms with Crippen LogP contribution in [0, 0.1) is 5.92 Å². The van der Waals surface area contributed by atoms with Crippen molar-refractivity contribution in [1.82, 2.24) is 20.1 Å². The van der Waals surface area contributed by atoms with E-state index < -0.39 is 6.04 Å². The number of benzene rings is 2. The van der Waals surface area contributed by atoms with Crippen LogP contribution >= 0.6 is 35.0 Å². The van der Waals surface area contributed by atoms with Crippen LogP contribution < -0.4 is 15.4 Å². The van der Waals surface area contributed by atoms with Gasteiger partial charge in [-0.2, -0.15) is 0 Å². The van der Waals surface area contributed by atoms with Gasteiger partial charge >= 0.3 is 0 Å². The molecule has 2 amide bonds. The number of hydrogen-bond donors (Lipinski definition) is 2. The predicted octanol–water partition coefficient (Wildman–Crippen LogP) is 5.38. The molecular formula is C24H27Cl2N5O3S. The van der Waals surface area contributed by atoms with E-state index in [1.54, 1.807) is 48.1 Å². The fourth-order valence-corrected chi connectivity index (χ4v) is 4.61. The number of ether oxygens (including phenoxy) is 1. The number of rotatable bonds is 10. The SMILES string of the molecule is COc1cccc(NC(=O)CSc2nnc([C@@H](CC(C)C)NC(=O)c3ccc(Cl)cc3Cl)n2C)c1. The van der Waals surface area contributed by atoms with Gasteiger partial charge in [-0.15, -0.1) is 10.2 Å². The zero-order valence-corrected chi connectivity index (χ0v) is 22.2. The molecule has 0 radical (unpaired) electrons. The van der Waals surface area contributed by atoms with Crippen LogP contribution in [-0.4, -0.2) is 39.4 Å². The van der Waals surface area contributed by atoms with E-state index in [2.05, 4.69) is 34.7 Å². The first kappa shape index (κ1) is 26.8. The summed E-state index contributed by atoms with van der Waals surface area (Å²) in [4.78, 5) is 25.4. The molecule has 35 heavy (non-hydrogen) atoms. The quantitative estimate of drug-likeness (QED) is 0.338. The molecule has 0 aliphatic carbocycles. The van der Waals surface area contributed by atoms with Crippen molar-refractivity contribution in [2.45, 2.75) is 31.5 Å². The van der Waals surface area contributed by atoms with Crippen molar-refractivity contribution in [2.75, 3.05) is 18.2 Å². The molecule has 11 heteroatoms. The van der Waals surface area contributed by atoms with Gasteiger partial charge < -0.3 is 19.9 Å². The Balaban J connectivity index is 1.69. The molecule has 2 aromatic carbocycles. The number of methoxy groups -OCH3 is 1. The van der Waals surface area contributed by atoms with Gasteiger partial charge in [0.1, 0.15) is 5.75 Å². The van der Waals surface area contributed by atoms with Crippen LogP contribution in [0.15, 0.2) is 47.6 Å². The fraction of sp³-hybridized carbons (Fsp3) is 0.333. The third-order valence-corrected chi connectivity index (χ3v) is 6.62. The molecule has 0 fully saturated rings. The number of nitrogens with zero attached hydrogens (tertiary/aromatic N) is 3. The van der Waals surface area contributed by atoms with E-state index in [0.717, 1.165) is 0 Å². The lowest BCUT2D eigenvalue weighted by Crippen LogP contribution is -2.31. The molecule has 3 rings (SSSR count). The first-order valence-electron chi connectivity index (χ1n) is 10.9. The van der Waals surface area contributed by atoms with Gasteiger partial charge in [0.25, 0.3) is 5.91 Å². The number of amides is 2. The minimum atomic E-state index is -0.397. The molecule has 8 nitrogen and oxygen atoms in total. The summed E-state index contributed by atoms with van der Waals surface area (Å²) in [6.07, 6.45) is 0.643. The predicted molar refractivity (Wildman–Crippen MR) is 139 cm³/mol. The molecule has 0 saturated carbocycles. The summed E-state index contributed by atoms with van der Waals surface area (Å²) in [7, 11) is 3.38. The van der Waals surface area contributed by atoms with E-state index in [9.17, 15) is 9.59 Å². The molecular weight excluding hydrogens is 509 g/mol. The Bertz CT molecular complexity index is 1200. The van der Waals surface area contributed by atoms with Crippen LogP contribution in [-0.2, 0) is 11.8 Å². The maximum absolute atomic E-state index is 12.9. The molecule has 0 bridgehead atoms.